The lowest BCUT2D eigenvalue weighted by Gasteiger charge is -2.31. The first-order valence-electron chi connectivity index (χ1n) is 12.0. The average Bonchev–Trinajstić information content (AvgIpc) is 3.13. The van der Waals surface area contributed by atoms with E-state index in [1.807, 2.05) is 26.8 Å². The first-order valence-corrected chi connectivity index (χ1v) is 12.0. The number of nitrogens with zero attached hydrogens (tertiary/aromatic N) is 2. The van der Waals surface area contributed by atoms with E-state index in [2.05, 4.69) is 5.32 Å². The fourth-order valence-electron chi connectivity index (χ4n) is 4.50. The molecule has 0 fully saturated rings. The molecule has 2 aromatic rings. The fraction of sp³-hybridized carbons (Fsp3) is 0.407. The van der Waals surface area contributed by atoms with E-state index in [0.29, 0.717) is 42.9 Å². The molecular weight excluding hydrogens is 498 g/mol. The highest BCUT2D eigenvalue weighted by Gasteiger charge is 2.32. The molecule has 0 radical (unpaired) electrons. The number of carboxylic acid groups (broad SMARTS) is 1. The summed E-state index contributed by atoms with van der Waals surface area (Å²) in [4.78, 5) is 52.5. The molecule has 198 valence electrons. The second-order valence-corrected chi connectivity index (χ2v) is 10.3. The number of carbonyl (C=O) groups is 4. The highest BCUT2D eigenvalue weighted by molar-refractivity contribution is 6.06. The molecule has 1 atom stereocenters. The molecule has 2 aliphatic heterocycles. The van der Waals surface area contributed by atoms with E-state index in [4.69, 9.17) is 9.84 Å². The zero-order chi connectivity index (χ0) is 26.2. The van der Waals surface area contributed by atoms with Gasteiger partial charge in [-0.3, -0.25) is 14.4 Å². The predicted molar refractivity (Wildman–Crippen MR) is 140 cm³/mol. The highest BCUT2D eigenvalue weighted by atomic mass is 35.5. The molecule has 0 aliphatic carbocycles. The summed E-state index contributed by atoms with van der Waals surface area (Å²) < 4.78 is 5.48. The first-order chi connectivity index (χ1) is 16.9. The van der Waals surface area contributed by atoms with Gasteiger partial charge in [-0.1, -0.05) is 12.1 Å². The summed E-state index contributed by atoms with van der Waals surface area (Å²) >= 11 is 0. The van der Waals surface area contributed by atoms with Gasteiger partial charge in [0.2, 0.25) is 0 Å². The second kappa shape index (κ2) is 10.8. The van der Waals surface area contributed by atoms with E-state index in [1.165, 1.54) is 4.90 Å². The first kappa shape index (κ1) is 28.0. The Morgan fingerprint density at radius 2 is 1.76 bits per heavy atom. The molecule has 4 rings (SSSR count). The number of halogens is 1. The maximum absolute atomic E-state index is 13.0. The minimum Gasteiger partial charge on any atom is -0.481 e. The van der Waals surface area contributed by atoms with Crippen LogP contribution in [0, 0.1) is 0 Å². The molecule has 37 heavy (non-hydrogen) atoms. The number of anilines is 1. The van der Waals surface area contributed by atoms with Crippen molar-refractivity contribution in [2.24, 2.45) is 0 Å². The molecule has 0 saturated carbocycles. The van der Waals surface area contributed by atoms with Crippen molar-refractivity contribution in [1.82, 2.24) is 9.80 Å². The van der Waals surface area contributed by atoms with Crippen molar-refractivity contribution in [3.05, 3.63) is 64.2 Å². The Balaban J connectivity index is 0.00000380. The van der Waals surface area contributed by atoms with Gasteiger partial charge in [0.15, 0.2) is 0 Å². The van der Waals surface area contributed by atoms with Gasteiger partial charge in [0.05, 0.1) is 6.42 Å². The molecule has 0 aromatic heterocycles. The van der Waals surface area contributed by atoms with Gasteiger partial charge in [-0.05, 0) is 75.1 Å². The molecule has 3 amide bonds. The third-order valence-corrected chi connectivity index (χ3v) is 6.33. The van der Waals surface area contributed by atoms with Crippen molar-refractivity contribution in [3.63, 3.8) is 0 Å². The van der Waals surface area contributed by atoms with E-state index < -0.39 is 17.6 Å². The van der Waals surface area contributed by atoms with Crippen LogP contribution in [0.25, 0.3) is 0 Å². The van der Waals surface area contributed by atoms with Gasteiger partial charge in [0.25, 0.3) is 11.8 Å². The maximum atomic E-state index is 13.0. The number of rotatable bonds is 5. The van der Waals surface area contributed by atoms with Gasteiger partial charge in [0.1, 0.15) is 5.60 Å². The van der Waals surface area contributed by atoms with Crippen molar-refractivity contribution in [2.45, 2.75) is 65.3 Å². The quantitative estimate of drug-likeness (QED) is 0.590. The number of ether oxygens (including phenoxy) is 1. The molecule has 0 spiro atoms. The van der Waals surface area contributed by atoms with Gasteiger partial charge in [0, 0.05) is 42.5 Å². The smallest absolute Gasteiger partial charge is 0.410 e. The lowest BCUT2D eigenvalue weighted by Crippen LogP contribution is -2.40. The minimum absolute atomic E-state index is 0. The van der Waals surface area contributed by atoms with Crippen LogP contribution in [0.4, 0.5) is 10.5 Å². The summed E-state index contributed by atoms with van der Waals surface area (Å²) in [7, 11) is 0. The summed E-state index contributed by atoms with van der Waals surface area (Å²) in [6.45, 7) is 8.45. The number of carboxylic acids is 1. The molecule has 10 heteroatoms. The van der Waals surface area contributed by atoms with Crippen molar-refractivity contribution >= 4 is 42.0 Å². The Morgan fingerprint density at radius 1 is 1.05 bits per heavy atom. The van der Waals surface area contributed by atoms with Gasteiger partial charge < -0.3 is 25.0 Å². The third-order valence-electron chi connectivity index (χ3n) is 6.33. The highest BCUT2D eigenvalue weighted by Crippen LogP contribution is 2.29. The van der Waals surface area contributed by atoms with E-state index in [1.54, 1.807) is 42.2 Å². The molecule has 9 nitrogen and oxygen atoms in total. The van der Waals surface area contributed by atoms with Crippen LogP contribution in [0.1, 0.15) is 71.5 Å². The minimum atomic E-state index is -0.960. The number of nitrogens with one attached hydrogen (secondary N) is 1. The van der Waals surface area contributed by atoms with Crippen LogP contribution in [0.2, 0.25) is 0 Å². The number of amides is 3. The normalized spacial score (nSPS) is 15.3. The molecule has 2 aliphatic rings. The van der Waals surface area contributed by atoms with Crippen molar-refractivity contribution in [1.29, 1.82) is 0 Å². The van der Waals surface area contributed by atoms with Crippen molar-refractivity contribution < 1.29 is 29.0 Å². The van der Waals surface area contributed by atoms with Gasteiger partial charge in [-0.15, -0.1) is 12.4 Å². The van der Waals surface area contributed by atoms with Crippen LogP contribution in [0.3, 0.4) is 0 Å². The fourth-order valence-corrected chi connectivity index (χ4v) is 4.50. The van der Waals surface area contributed by atoms with Gasteiger partial charge >= 0.3 is 12.1 Å². The number of aliphatic carboxylic acids is 1. The van der Waals surface area contributed by atoms with Crippen LogP contribution >= 0.6 is 12.4 Å². The van der Waals surface area contributed by atoms with Gasteiger partial charge in [-0.2, -0.15) is 0 Å². The summed E-state index contributed by atoms with van der Waals surface area (Å²) in [5.41, 5.74) is 3.59. The average molecular weight is 530 g/mol. The van der Waals surface area contributed by atoms with E-state index in [9.17, 15) is 19.2 Å². The lowest BCUT2D eigenvalue weighted by molar-refractivity contribution is -0.138. The molecule has 1 unspecified atom stereocenters. The molecule has 2 aromatic carbocycles. The van der Waals surface area contributed by atoms with E-state index >= 15 is 0 Å². The summed E-state index contributed by atoms with van der Waals surface area (Å²) in [5, 5.41) is 11.9. The summed E-state index contributed by atoms with van der Waals surface area (Å²) in [6.07, 6.45) is 0.172. The number of hydrogen-bond donors (Lipinski definition) is 2. The Bertz CT molecular complexity index is 1240. The van der Waals surface area contributed by atoms with Crippen LogP contribution < -0.4 is 5.32 Å². The van der Waals surface area contributed by atoms with Crippen LogP contribution in [-0.4, -0.2) is 57.0 Å². The SMILES string of the molecule is CC(CC(=O)O)N1Cc2ccc(NC(=O)c3ccc4c(c3)CN(C(=O)OC(C)(C)C)CC4)cc2C1=O.Cl. The van der Waals surface area contributed by atoms with E-state index in [-0.39, 0.29) is 36.7 Å². The molecule has 2 heterocycles. The standard InChI is InChI=1S/C27H31N3O6.ClH/c1-16(11-23(31)32)30-15-19-7-8-21(13-22(19)25(30)34)28-24(33)18-6-5-17-9-10-29(14-20(17)12-18)26(35)36-27(2,3)4;/h5-8,12-13,16H,9-11,14-15H2,1-4H3,(H,28,33)(H,31,32);1H. The second-order valence-electron chi connectivity index (χ2n) is 10.3. The number of benzene rings is 2. The Kier molecular flexibility index (Phi) is 8.17. The zero-order valence-electron chi connectivity index (χ0n) is 21.4. The van der Waals surface area contributed by atoms with Crippen LogP contribution in [0.5, 0.6) is 0 Å². The van der Waals surface area contributed by atoms with Crippen molar-refractivity contribution in [3.8, 4) is 0 Å². The Morgan fingerprint density at radius 3 is 2.43 bits per heavy atom. The Hall–Kier alpha value is -3.59. The number of carbonyl (C=O) groups excluding carboxylic acids is 3. The number of hydrogen-bond acceptors (Lipinski definition) is 5. The van der Waals surface area contributed by atoms with Crippen LogP contribution in [0.15, 0.2) is 36.4 Å². The monoisotopic (exact) mass is 529 g/mol. The van der Waals surface area contributed by atoms with E-state index in [0.717, 1.165) is 16.7 Å². The Labute approximate surface area is 222 Å². The molecule has 0 bridgehead atoms. The lowest BCUT2D eigenvalue weighted by atomic mass is 9.97. The molecular formula is C27H32ClN3O6. The third kappa shape index (κ3) is 6.40. The van der Waals surface area contributed by atoms with Gasteiger partial charge in [-0.25, -0.2) is 4.79 Å². The predicted octanol–water partition coefficient (Wildman–Crippen LogP) is 4.47. The van der Waals surface area contributed by atoms with Crippen molar-refractivity contribution in [2.75, 3.05) is 11.9 Å². The topological polar surface area (TPSA) is 116 Å². The largest absolute Gasteiger partial charge is 0.481 e. The number of fused-ring (bicyclic) bond motifs is 2. The molecule has 0 saturated heterocycles. The molecule has 2 N–H and O–H groups in total. The summed E-state index contributed by atoms with van der Waals surface area (Å²) in [6, 6.07) is 10.2. The summed E-state index contributed by atoms with van der Waals surface area (Å²) in [5.74, 6) is -1.53. The maximum Gasteiger partial charge on any atom is 0.410 e. The van der Waals surface area contributed by atoms with Crippen LogP contribution in [-0.2, 0) is 29.0 Å². The zero-order valence-corrected chi connectivity index (χ0v) is 22.2.